The third-order valence-corrected chi connectivity index (χ3v) is 3.44. The van der Waals surface area contributed by atoms with E-state index in [1.165, 1.54) is 31.4 Å². The molecule has 0 aromatic carbocycles. The molecule has 0 atom stereocenters. The molecule has 112 valence electrons. The number of aromatic nitrogens is 1. The first-order chi connectivity index (χ1) is 9.34. The molecule has 0 radical (unpaired) electrons. The summed E-state index contributed by atoms with van der Waals surface area (Å²) >= 11 is 5.83. The number of carboxylic acids is 1. The molecular weight excluding hydrogens is 276 g/mol. The molecule has 1 aromatic heterocycles. The minimum Gasteiger partial charge on any atom is -0.478 e. The van der Waals surface area contributed by atoms with Crippen LogP contribution in [-0.4, -0.2) is 22.6 Å². The quantitative estimate of drug-likeness (QED) is 0.550. The number of pyridine rings is 1. The normalized spacial score (nSPS) is 11.4. The van der Waals surface area contributed by atoms with Gasteiger partial charge >= 0.3 is 5.97 Å². The average Bonchev–Trinajstić information content (AvgIpc) is 2.36. The fourth-order valence-corrected chi connectivity index (χ4v) is 2.19. The molecule has 0 unspecified atom stereocenters. The van der Waals surface area contributed by atoms with Gasteiger partial charge in [-0.3, -0.25) is 0 Å². The largest absolute Gasteiger partial charge is 0.478 e. The van der Waals surface area contributed by atoms with Crippen LogP contribution in [0.1, 0.15) is 56.8 Å². The molecule has 0 aliphatic heterocycles. The first-order valence-corrected chi connectivity index (χ1v) is 7.36. The van der Waals surface area contributed by atoms with Crippen molar-refractivity contribution in [1.82, 2.24) is 4.98 Å². The molecule has 2 N–H and O–H groups in total. The van der Waals surface area contributed by atoms with Gasteiger partial charge in [-0.15, -0.1) is 0 Å². The van der Waals surface area contributed by atoms with E-state index in [0.717, 1.165) is 13.0 Å². The van der Waals surface area contributed by atoms with E-state index in [4.69, 9.17) is 16.7 Å². The maximum Gasteiger partial charge on any atom is 0.335 e. The second-order valence-corrected chi connectivity index (χ2v) is 6.23. The van der Waals surface area contributed by atoms with Crippen LogP contribution >= 0.6 is 11.6 Å². The predicted molar refractivity (Wildman–Crippen MR) is 82.6 cm³/mol. The molecule has 0 aliphatic carbocycles. The van der Waals surface area contributed by atoms with Gasteiger partial charge in [0.05, 0.1) is 5.56 Å². The molecule has 1 rings (SSSR count). The van der Waals surface area contributed by atoms with Crippen molar-refractivity contribution in [2.45, 2.75) is 46.5 Å². The van der Waals surface area contributed by atoms with Crippen molar-refractivity contribution in [3.63, 3.8) is 0 Å². The average molecular weight is 299 g/mol. The van der Waals surface area contributed by atoms with Crippen LogP contribution in [0.25, 0.3) is 0 Å². The number of nitrogens with zero attached hydrogens (tertiary/aromatic N) is 1. The minimum atomic E-state index is -1.00. The number of anilines is 1. The van der Waals surface area contributed by atoms with Gasteiger partial charge in [-0.1, -0.05) is 51.6 Å². The molecule has 4 nitrogen and oxygen atoms in total. The standard InChI is InChI=1S/C15H23ClN2O2/c1-4-5-6-7-15(2,3)10-17-13-9-11(14(19)20)8-12(16)18-13/h8-9H,4-7,10H2,1-3H3,(H,17,18)(H,19,20). The molecule has 0 bridgehead atoms. The van der Waals surface area contributed by atoms with E-state index in [-0.39, 0.29) is 16.1 Å². The Kier molecular flexibility index (Phi) is 6.27. The maximum atomic E-state index is 11.0. The smallest absolute Gasteiger partial charge is 0.335 e. The third kappa shape index (κ3) is 5.78. The topological polar surface area (TPSA) is 62.2 Å². The highest BCUT2D eigenvalue weighted by atomic mass is 35.5. The Morgan fingerprint density at radius 1 is 1.40 bits per heavy atom. The molecule has 1 aromatic rings. The second kappa shape index (κ2) is 7.48. The van der Waals surface area contributed by atoms with Crippen LogP contribution < -0.4 is 5.32 Å². The van der Waals surface area contributed by atoms with Crippen LogP contribution in [0.2, 0.25) is 5.15 Å². The lowest BCUT2D eigenvalue weighted by Crippen LogP contribution is -2.23. The summed E-state index contributed by atoms with van der Waals surface area (Å²) in [7, 11) is 0. The third-order valence-electron chi connectivity index (χ3n) is 3.25. The Balaban J connectivity index is 2.62. The number of rotatable bonds is 8. The summed E-state index contributed by atoms with van der Waals surface area (Å²) in [5.74, 6) is -0.488. The van der Waals surface area contributed by atoms with E-state index in [1.807, 2.05) is 0 Å². The van der Waals surface area contributed by atoms with Crippen LogP contribution in [0.5, 0.6) is 0 Å². The summed E-state index contributed by atoms with van der Waals surface area (Å²) in [5.41, 5.74) is 0.291. The van der Waals surface area contributed by atoms with Crippen molar-refractivity contribution in [1.29, 1.82) is 0 Å². The summed E-state index contributed by atoms with van der Waals surface area (Å²) in [6, 6.07) is 2.86. The molecule has 0 spiro atoms. The van der Waals surface area contributed by atoms with Crippen molar-refractivity contribution >= 4 is 23.4 Å². The Hall–Kier alpha value is -1.29. The first-order valence-electron chi connectivity index (χ1n) is 6.99. The highest BCUT2D eigenvalue weighted by molar-refractivity contribution is 6.29. The van der Waals surface area contributed by atoms with Crippen molar-refractivity contribution in [3.8, 4) is 0 Å². The summed E-state index contributed by atoms with van der Waals surface area (Å²) in [6.45, 7) is 7.31. The van der Waals surface area contributed by atoms with Gasteiger partial charge in [0, 0.05) is 6.54 Å². The predicted octanol–water partition coefficient (Wildman–Crippen LogP) is 4.45. The van der Waals surface area contributed by atoms with Gasteiger partial charge in [-0.2, -0.15) is 0 Å². The van der Waals surface area contributed by atoms with Crippen LogP contribution in [0.4, 0.5) is 5.82 Å². The fourth-order valence-electron chi connectivity index (χ4n) is 1.98. The van der Waals surface area contributed by atoms with Crippen molar-refractivity contribution in [2.75, 3.05) is 11.9 Å². The lowest BCUT2D eigenvalue weighted by Gasteiger charge is -2.25. The number of halogens is 1. The van der Waals surface area contributed by atoms with Gasteiger partial charge in [0.1, 0.15) is 11.0 Å². The number of hydrogen-bond acceptors (Lipinski definition) is 3. The van der Waals surface area contributed by atoms with Crippen molar-refractivity contribution in [3.05, 3.63) is 22.8 Å². The Bertz CT molecular complexity index is 461. The Labute approximate surface area is 125 Å². The minimum absolute atomic E-state index is 0.141. The Morgan fingerprint density at radius 3 is 2.70 bits per heavy atom. The van der Waals surface area contributed by atoms with E-state index < -0.39 is 5.97 Å². The van der Waals surface area contributed by atoms with Gasteiger partial charge in [-0.25, -0.2) is 9.78 Å². The molecular formula is C15H23ClN2O2. The van der Waals surface area contributed by atoms with E-state index in [0.29, 0.717) is 5.82 Å². The molecule has 5 heteroatoms. The van der Waals surface area contributed by atoms with Gasteiger partial charge in [0.25, 0.3) is 0 Å². The maximum absolute atomic E-state index is 11.0. The van der Waals surface area contributed by atoms with Gasteiger partial charge in [0.15, 0.2) is 0 Å². The van der Waals surface area contributed by atoms with E-state index in [9.17, 15) is 4.79 Å². The van der Waals surface area contributed by atoms with E-state index >= 15 is 0 Å². The lowest BCUT2D eigenvalue weighted by atomic mass is 9.87. The molecule has 0 saturated heterocycles. The zero-order valence-electron chi connectivity index (χ0n) is 12.4. The fraction of sp³-hybridized carbons (Fsp3) is 0.600. The highest BCUT2D eigenvalue weighted by Gasteiger charge is 2.17. The van der Waals surface area contributed by atoms with Crippen LogP contribution in [0.15, 0.2) is 12.1 Å². The van der Waals surface area contributed by atoms with Gasteiger partial charge < -0.3 is 10.4 Å². The zero-order chi connectivity index (χ0) is 15.2. The molecule has 1 heterocycles. The van der Waals surface area contributed by atoms with Crippen LogP contribution in [-0.2, 0) is 0 Å². The Morgan fingerprint density at radius 2 is 2.10 bits per heavy atom. The lowest BCUT2D eigenvalue weighted by molar-refractivity contribution is 0.0697. The number of carbonyl (C=O) groups is 1. The van der Waals surface area contributed by atoms with E-state index in [2.05, 4.69) is 31.1 Å². The molecule has 0 saturated carbocycles. The molecule has 20 heavy (non-hydrogen) atoms. The van der Waals surface area contributed by atoms with Crippen LogP contribution in [0, 0.1) is 5.41 Å². The van der Waals surface area contributed by atoms with E-state index in [1.54, 1.807) is 0 Å². The summed E-state index contributed by atoms with van der Waals surface area (Å²) in [4.78, 5) is 15.1. The van der Waals surface area contributed by atoms with Crippen molar-refractivity contribution in [2.24, 2.45) is 5.41 Å². The molecule has 0 amide bonds. The first kappa shape index (κ1) is 16.8. The summed E-state index contributed by atoms with van der Waals surface area (Å²) < 4.78 is 0. The van der Waals surface area contributed by atoms with Crippen molar-refractivity contribution < 1.29 is 9.90 Å². The van der Waals surface area contributed by atoms with Crippen LogP contribution in [0.3, 0.4) is 0 Å². The SMILES string of the molecule is CCCCCC(C)(C)CNc1cc(C(=O)O)cc(Cl)n1. The zero-order valence-corrected chi connectivity index (χ0v) is 13.1. The molecule has 0 aliphatic rings. The number of nitrogens with one attached hydrogen (secondary N) is 1. The summed E-state index contributed by atoms with van der Waals surface area (Å²) in [5, 5.41) is 12.4. The number of carboxylic acid groups (broad SMARTS) is 1. The monoisotopic (exact) mass is 298 g/mol. The number of hydrogen-bond donors (Lipinski definition) is 2. The van der Waals surface area contributed by atoms with Gasteiger partial charge in [-0.05, 0) is 24.0 Å². The second-order valence-electron chi connectivity index (χ2n) is 5.84. The van der Waals surface area contributed by atoms with Gasteiger partial charge in [0.2, 0.25) is 0 Å². The highest BCUT2D eigenvalue weighted by Crippen LogP contribution is 2.24. The molecule has 0 fully saturated rings. The summed E-state index contributed by atoms with van der Waals surface area (Å²) in [6.07, 6.45) is 4.78. The number of aromatic carboxylic acids is 1. The number of unbranched alkanes of at least 4 members (excludes halogenated alkanes) is 2.